The molecule has 3 aliphatic heterocycles. The number of rotatable bonds is 3. The van der Waals surface area contributed by atoms with Crippen LogP contribution in [0.1, 0.15) is 17.7 Å². The van der Waals surface area contributed by atoms with Crippen molar-refractivity contribution in [3.05, 3.63) is 41.9 Å². The minimum Gasteiger partial charge on any atom is -0.497 e. The van der Waals surface area contributed by atoms with E-state index in [2.05, 4.69) is 27.1 Å². The number of nitrogens with zero attached hydrogens (tertiary/aromatic N) is 4. The van der Waals surface area contributed by atoms with Crippen LogP contribution in [-0.2, 0) is 0 Å². The van der Waals surface area contributed by atoms with Gasteiger partial charge in [0.15, 0.2) is 0 Å². The topological polar surface area (TPSA) is 70.6 Å². The Bertz CT molecular complexity index is 811. The van der Waals surface area contributed by atoms with Gasteiger partial charge in [0.2, 0.25) is 0 Å². The summed E-state index contributed by atoms with van der Waals surface area (Å²) < 4.78 is 5.15. The number of aromatic nitrogens is 2. The maximum Gasteiger partial charge on any atom is 0.322 e. The van der Waals surface area contributed by atoms with Crippen LogP contribution >= 0.6 is 0 Å². The number of hydrogen-bond acceptors (Lipinski definition) is 5. The molecule has 26 heavy (non-hydrogen) atoms. The molecule has 5 rings (SSSR count). The predicted octanol–water partition coefficient (Wildman–Crippen LogP) is 2.60. The van der Waals surface area contributed by atoms with Crippen LogP contribution in [0.4, 0.5) is 16.3 Å². The van der Waals surface area contributed by atoms with Gasteiger partial charge >= 0.3 is 6.03 Å². The molecule has 4 heterocycles. The number of piperidine rings is 1. The molecule has 7 nitrogen and oxygen atoms in total. The summed E-state index contributed by atoms with van der Waals surface area (Å²) in [5, 5.41) is 2.99. The first kappa shape index (κ1) is 16.6. The molecule has 2 bridgehead atoms. The normalized spacial score (nSPS) is 21.2. The minimum absolute atomic E-state index is 0.0355. The Morgan fingerprint density at radius 2 is 1.85 bits per heavy atom. The molecular weight excluding hydrogens is 330 g/mol. The number of carbonyl (C=O) groups is 1. The van der Waals surface area contributed by atoms with Crippen molar-refractivity contribution < 1.29 is 9.53 Å². The lowest BCUT2D eigenvalue weighted by Gasteiger charge is -2.56. The highest BCUT2D eigenvalue weighted by Gasteiger charge is 2.47. The van der Waals surface area contributed by atoms with Crippen LogP contribution in [0.15, 0.2) is 30.6 Å². The number of aryl methyl sites for hydroxylation is 1. The lowest BCUT2D eigenvalue weighted by atomic mass is 9.87. The Hall–Kier alpha value is -2.83. The van der Waals surface area contributed by atoms with Crippen molar-refractivity contribution in [3.8, 4) is 5.75 Å². The van der Waals surface area contributed by atoms with E-state index in [-0.39, 0.29) is 18.1 Å². The number of anilines is 2. The molecule has 3 aliphatic rings. The molecule has 1 aromatic heterocycles. The van der Waals surface area contributed by atoms with Crippen LogP contribution in [0.5, 0.6) is 5.75 Å². The van der Waals surface area contributed by atoms with Gasteiger partial charge in [-0.2, -0.15) is 0 Å². The third kappa shape index (κ3) is 2.83. The molecule has 2 atom stereocenters. The number of ether oxygens (including phenoxy) is 1. The molecule has 7 heteroatoms. The molecule has 3 saturated heterocycles. The van der Waals surface area contributed by atoms with Crippen molar-refractivity contribution in [1.29, 1.82) is 0 Å². The van der Waals surface area contributed by atoms with E-state index in [4.69, 9.17) is 4.74 Å². The monoisotopic (exact) mass is 353 g/mol. The molecule has 2 unspecified atom stereocenters. The summed E-state index contributed by atoms with van der Waals surface area (Å²) in [5.41, 5.74) is 2.89. The van der Waals surface area contributed by atoms with Crippen LogP contribution < -0.4 is 15.0 Å². The quantitative estimate of drug-likeness (QED) is 0.918. The Morgan fingerprint density at radius 3 is 2.50 bits per heavy atom. The maximum atomic E-state index is 12.7. The fraction of sp³-hybridized carbons (Fsp3) is 0.421. The third-order valence-corrected chi connectivity index (χ3v) is 5.38. The molecular formula is C19H23N5O2. The van der Waals surface area contributed by atoms with Gasteiger partial charge in [-0.25, -0.2) is 14.8 Å². The average Bonchev–Trinajstić information content (AvgIpc) is 2.64. The Morgan fingerprint density at radius 1 is 1.15 bits per heavy atom. The molecule has 136 valence electrons. The zero-order chi connectivity index (χ0) is 18.3. The number of methoxy groups -OCH3 is 1. The van der Waals surface area contributed by atoms with Gasteiger partial charge in [-0.15, -0.1) is 0 Å². The van der Waals surface area contributed by atoms with Gasteiger partial charge in [0.05, 0.1) is 19.2 Å². The fourth-order valence-electron chi connectivity index (χ4n) is 3.82. The summed E-state index contributed by atoms with van der Waals surface area (Å²) in [7, 11) is 1.63. The smallest absolute Gasteiger partial charge is 0.322 e. The second kappa shape index (κ2) is 6.48. The van der Waals surface area contributed by atoms with E-state index < -0.39 is 0 Å². The lowest BCUT2D eigenvalue weighted by molar-refractivity contribution is 0.0436. The molecule has 0 aliphatic carbocycles. The highest BCUT2D eigenvalue weighted by molar-refractivity contribution is 5.90. The number of benzene rings is 1. The lowest BCUT2D eigenvalue weighted by Crippen LogP contribution is -2.71. The van der Waals surface area contributed by atoms with E-state index in [1.807, 2.05) is 36.1 Å². The zero-order valence-electron chi connectivity index (χ0n) is 15.3. The molecule has 1 N–H and O–H groups in total. The molecule has 2 aromatic rings. The largest absolute Gasteiger partial charge is 0.497 e. The van der Waals surface area contributed by atoms with Crippen molar-refractivity contribution in [3.63, 3.8) is 0 Å². The Kier molecular flexibility index (Phi) is 4.14. The van der Waals surface area contributed by atoms with Gasteiger partial charge in [-0.05, 0) is 44.5 Å². The predicted molar refractivity (Wildman–Crippen MR) is 99.8 cm³/mol. The summed E-state index contributed by atoms with van der Waals surface area (Å²) in [6.07, 6.45) is 2.67. The standard InChI is InChI=1S/C19H23N5O2/c1-12-13(2)20-11-21-18(12)23-9-15-8-16(10-23)24(15)19(25)22-14-4-6-17(26-3)7-5-14/h4-7,11,15-16H,8-10H2,1-3H3,(H,22,25). The summed E-state index contributed by atoms with van der Waals surface area (Å²) in [4.78, 5) is 25.6. The number of carbonyl (C=O) groups excluding carboxylic acids is 1. The minimum atomic E-state index is -0.0355. The Balaban J connectivity index is 1.42. The van der Waals surface area contributed by atoms with Crippen molar-refractivity contribution in [1.82, 2.24) is 14.9 Å². The molecule has 0 radical (unpaired) electrons. The maximum absolute atomic E-state index is 12.7. The summed E-state index contributed by atoms with van der Waals surface area (Å²) in [6.45, 7) is 5.67. The number of amides is 2. The van der Waals surface area contributed by atoms with Crippen LogP contribution in [0.25, 0.3) is 0 Å². The molecule has 1 aromatic carbocycles. The zero-order valence-corrected chi connectivity index (χ0v) is 15.3. The van der Waals surface area contributed by atoms with Crippen LogP contribution in [0.2, 0.25) is 0 Å². The first-order chi connectivity index (χ1) is 12.6. The second-order valence-corrected chi connectivity index (χ2v) is 6.92. The molecule has 3 fully saturated rings. The van der Waals surface area contributed by atoms with E-state index in [0.29, 0.717) is 0 Å². The van der Waals surface area contributed by atoms with Crippen molar-refractivity contribution in [2.45, 2.75) is 32.4 Å². The van der Waals surface area contributed by atoms with E-state index >= 15 is 0 Å². The van der Waals surface area contributed by atoms with Crippen molar-refractivity contribution >= 4 is 17.5 Å². The highest BCUT2D eigenvalue weighted by atomic mass is 16.5. The van der Waals surface area contributed by atoms with E-state index in [9.17, 15) is 4.79 Å². The summed E-state index contributed by atoms with van der Waals surface area (Å²) >= 11 is 0. The molecule has 0 spiro atoms. The van der Waals surface area contributed by atoms with Gasteiger partial charge in [-0.3, -0.25) is 0 Å². The van der Waals surface area contributed by atoms with Gasteiger partial charge in [0, 0.05) is 30.0 Å². The molecule has 2 amide bonds. The SMILES string of the molecule is COc1ccc(NC(=O)N2C3CC2CN(c2ncnc(C)c2C)C3)cc1. The molecule has 0 saturated carbocycles. The number of urea groups is 1. The first-order valence-corrected chi connectivity index (χ1v) is 8.83. The van der Waals surface area contributed by atoms with Crippen molar-refractivity contribution in [2.75, 3.05) is 30.4 Å². The summed E-state index contributed by atoms with van der Waals surface area (Å²) in [6, 6.07) is 7.80. The summed E-state index contributed by atoms with van der Waals surface area (Å²) in [5.74, 6) is 1.76. The van der Waals surface area contributed by atoms with Gasteiger partial charge in [-0.1, -0.05) is 0 Å². The van der Waals surface area contributed by atoms with E-state index in [1.54, 1.807) is 13.4 Å². The average molecular weight is 353 g/mol. The van der Waals surface area contributed by atoms with Gasteiger partial charge in [0.1, 0.15) is 17.9 Å². The Labute approximate surface area is 153 Å². The third-order valence-electron chi connectivity index (χ3n) is 5.38. The van der Waals surface area contributed by atoms with Crippen LogP contribution in [-0.4, -0.2) is 53.2 Å². The van der Waals surface area contributed by atoms with Gasteiger partial charge < -0.3 is 19.9 Å². The van der Waals surface area contributed by atoms with Crippen LogP contribution in [0.3, 0.4) is 0 Å². The second-order valence-electron chi connectivity index (χ2n) is 6.92. The first-order valence-electron chi connectivity index (χ1n) is 8.83. The number of nitrogens with one attached hydrogen (secondary N) is 1. The van der Waals surface area contributed by atoms with Crippen LogP contribution in [0, 0.1) is 13.8 Å². The number of hydrogen-bond donors (Lipinski definition) is 1. The highest BCUT2D eigenvalue weighted by Crippen LogP contribution is 2.35. The van der Waals surface area contributed by atoms with E-state index in [1.165, 1.54) is 0 Å². The fourth-order valence-corrected chi connectivity index (χ4v) is 3.82. The number of fused-ring (bicyclic) bond motifs is 2. The van der Waals surface area contributed by atoms with E-state index in [0.717, 1.165) is 48.0 Å². The number of piperazine rings is 1. The van der Waals surface area contributed by atoms with Crippen molar-refractivity contribution in [2.24, 2.45) is 0 Å². The van der Waals surface area contributed by atoms with Gasteiger partial charge in [0.25, 0.3) is 0 Å².